The predicted molar refractivity (Wildman–Crippen MR) is 142 cm³/mol. The molecule has 0 aliphatic carbocycles. The minimum atomic E-state index is -0.375. The first-order chi connectivity index (χ1) is 17.0. The van der Waals surface area contributed by atoms with Crippen LogP contribution in [-0.2, 0) is 9.53 Å². The molecule has 1 N–H and O–H groups in total. The normalized spacial score (nSPS) is 11.5. The first kappa shape index (κ1) is 26.5. The van der Waals surface area contributed by atoms with Crippen molar-refractivity contribution >= 4 is 40.8 Å². The molecule has 0 saturated heterocycles. The fourth-order valence-electron chi connectivity index (χ4n) is 3.56. The van der Waals surface area contributed by atoms with Gasteiger partial charge < -0.3 is 10.1 Å². The Labute approximate surface area is 216 Å². The van der Waals surface area contributed by atoms with Crippen molar-refractivity contribution in [3.05, 3.63) is 65.3 Å². The summed E-state index contributed by atoms with van der Waals surface area (Å²) in [5, 5.41) is 12.6. The zero-order valence-corrected chi connectivity index (χ0v) is 21.5. The maximum atomic E-state index is 12.3. The van der Waals surface area contributed by atoms with E-state index in [1.54, 1.807) is 18.2 Å². The first-order valence-electron chi connectivity index (χ1n) is 11.7. The monoisotopic (exact) mass is 508 g/mol. The number of aromatic nitrogens is 2. The molecule has 0 fully saturated rings. The average molecular weight is 509 g/mol. The molecule has 3 rings (SSSR count). The van der Waals surface area contributed by atoms with Crippen LogP contribution in [0.1, 0.15) is 51.0 Å². The van der Waals surface area contributed by atoms with Crippen molar-refractivity contribution in [2.45, 2.75) is 55.9 Å². The summed E-state index contributed by atoms with van der Waals surface area (Å²) in [7, 11) is 1.40. The maximum absolute atomic E-state index is 12.3. The van der Waals surface area contributed by atoms with Crippen LogP contribution in [0.5, 0.6) is 0 Å². The summed E-state index contributed by atoms with van der Waals surface area (Å²) in [5.41, 5.74) is 3.54. The number of hydrogen-bond donors (Lipinski definition) is 1. The van der Waals surface area contributed by atoms with E-state index < -0.39 is 0 Å². The first-order valence-corrected chi connectivity index (χ1v) is 12.9. The number of methoxy groups -OCH3 is 1. The number of halogens is 1. The van der Waals surface area contributed by atoms with Crippen molar-refractivity contribution in [2.75, 3.05) is 12.4 Å². The molecule has 2 aromatic carbocycles. The number of thioether (sulfide) groups is 1. The lowest BCUT2D eigenvalue weighted by Gasteiger charge is -2.14. The number of nitrogens with one attached hydrogen (secondary N) is 1. The molecule has 0 bridgehead atoms. The van der Waals surface area contributed by atoms with Gasteiger partial charge in [0.25, 0.3) is 0 Å². The number of unbranched alkanes of at least 4 members (excludes halogenated alkanes) is 4. The van der Waals surface area contributed by atoms with Gasteiger partial charge in [-0.05, 0) is 41.8 Å². The predicted octanol–water partition coefficient (Wildman–Crippen LogP) is 7.41. The lowest BCUT2D eigenvalue weighted by Crippen LogP contribution is -2.19. The van der Waals surface area contributed by atoms with Crippen LogP contribution in [-0.4, -0.2) is 28.3 Å². The van der Waals surface area contributed by atoms with Gasteiger partial charge in [0.15, 0.2) is 5.16 Å². The Bertz CT molecular complexity index is 1150. The molecule has 0 unspecified atom stereocenters. The van der Waals surface area contributed by atoms with Crippen molar-refractivity contribution in [2.24, 2.45) is 0 Å². The van der Waals surface area contributed by atoms with E-state index in [-0.39, 0.29) is 11.2 Å². The van der Waals surface area contributed by atoms with E-state index in [4.69, 9.17) is 21.6 Å². The highest BCUT2D eigenvalue weighted by molar-refractivity contribution is 8.00. The van der Waals surface area contributed by atoms with E-state index in [2.05, 4.69) is 28.3 Å². The highest BCUT2D eigenvalue weighted by atomic mass is 35.5. The molecule has 8 heteroatoms. The molecule has 1 aromatic heterocycles. The highest BCUT2D eigenvalue weighted by Gasteiger charge is 2.22. The van der Waals surface area contributed by atoms with Crippen LogP contribution < -0.4 is 5.32 Å². The molecular formula is C27H29ClN4O2S. The van der Waals surface area contributed by atoms with Gasteiger partial charge in [0, 0.05) is 11.8 Å². The van der Waals surface area contributed by atoms with E-state index in [1.165, 1.54) is 38.1 Å². The van der Waals surface area contributed by atoms with Gasteiger partial charge in [-0.1, -0.05) is 86.7 Å². The number of esters is 1. The molecule has 35 heavy (non-hydrogen) atoms. The number of carbonyl (C=O) groups is 1. The number of nitriles is 1. The van der Waals surface area contributed by atoms with Crippen LogP contribution in [0.2, 0.25) is 5.15 Å². The summed E-state index contributed by atoms with van der Waals surface area (Å²) in [6.45, 7) is 2.18. The molecule has 0 aliphatic rings. The molecule has 3 aromatic rings. The number of rotatable bonds is 12. The van der Waals surface area contributed by atoms with Crippen molar-refractivity contribution in [3.8, 4) is 17.2 Å². The van der Waals surface area contributed by atoms with E-state index >= 15 is 0 Å². The fraction of sp³-hybridized carbons (Fsp3) is 0.333. The summed E-state index contributed by atoms with van der Waals surface area (Å²) in [4.78, 5) is 21.2. The molecular weight excluding hydrogens is 480 g/mol. The summed E-state index contributed by atoms with van der Waals surface area (Å²) >= 11 is 7.54. The molecule has 6 nitrogen and oxygen atoms in total. The van der Waals surface area contributed by atoms with Crippen molar-refractivity contribution in [3.63, 3.8) is 0 Å². The van der Waals surface area contributed by atoms with E-state index in [0.717, 1.165) is 29.7 Å². The SMILES string of the molecule is CCCCCCC[C@H](Sc1nc(Cl)cc(Nc2ccc(-c3ccc(C#N)cc3)cc2)n1)C(=O)OC. The van der Waals surface area contributed by atoms with Gasteiger partial charge >= 0.3 is 5.97 Å². The number of ether oxygens (including phenoxy) is 1. The summed E-state index contributed by atoms with van der Waals surface area (Å²) in [6.07, 6.45) is 6.29. The number of nitrogens with zero attached hydrogens (tertiary/aromatic N) is 3. The zero-order valence-electron chi connectivity index (χ0n) is 20.0. The third-order valence-corrected chi connectivity index (χ3v) is 6.76. The molecule has 0 spiro atoms. The van der Waals surface area contributed by atoms with Crippen LogP contribution in [0.15, 0.2) is 59.8 Å². The van der Waals surface area contributed by atoms with Crippen LogP contribution in [0.25, 0.3) is 11.1 Å². The Morgan fingerprint density at radius 3 is 2.34 bits per heavy atom. The van der Waals surface area contributed by atoms with Gasteiger partial charge in [-0.3, -0.25) is 4.79 Å². The molecule has 0 saturated carbocycles. The van der Waals surface area contributed by atoms with Crippen molar-refractivity contribution < 1.29 is 9.53 Å². The summed E-state index contributed by atoms with van der Waals surface area (Å²) in [5.74, 6) is 0.271. The number of carbonyl (C=O) groups excluding carboxylic acids is 1. The average Bonchev–Trinajstić information content (AvgIpc) is 2.87. The Morgan fingerprint density at radius 1 is 1.06 bits per heavy atom. The second kappa shape index (κ2) is 13.7. The van der Waals surface area contributed by atoms with E-state index in [9.17, 15) is 4.79 Å². The zero-order chi connectivity index (χ0) is 25.0. The lowest BCUT2D eigenvalue weighted by molar-refractivity contribution is -0.140. The smallest absolute Gasteiger partial charge is 0.319 e. The van der Waals surface area contributed by atoms with Crippen molar-refractivity contribution in [1.82, 2.24) is 9.97 Å². The second-order valence-corrected chi connectivity index (χ2v) is 9.64. The Hall–Kier alpha value is -3.08. The third-order valence-electron chi connectivity index (χ3n) is 5.46. The van der Waals surface area contributed by atoms with Gasteiger partial charge in [0.05, 0.1) is 18.7 Å². The standard InChI is InChI=1S/C27H29ClN4O2S/c1-3-4-5-6-7-8-23(26(33)34-2)35-27-31-24(28)17-25(32-27)30-22-15-13-21(14-16-22)20-11-9-19(18-29)10-12-20/h9-17,23H,3-8H2,1-2H3,(H,30,31,32)/t23-/m0/s1. The van der Waals surface area contributed by atoms with Gasteiger partial charge in [-0.25, -0.2) is 9.97 Å². The number of anilines is 2. The second-order valence-electron chi connectivity index (χ2n) is 8.08. The van der Waals surface area contributed by atoms with Gasteiger partial charge in [0.2, 0.25) is 0 Å². The lowest BCUT2D eigenvalue weighted by atomic mass is 10.0. The molecule has 1 atom stereocenters. The molecule has 0 aliphatic heterocycles. The Morgan fingerprint density at radius 2 is 1.71 bits per heavy atom. The van der Waals surface area contributed by atoms with Gasteiger partial charge in [0.1, 0.15) is 16.2 Å². The quantitative estimate of drug-likeness (QED) is 0.0895. The minimum absolute atomic E-state index is 0.276. The molecule has 182 valence electrons. The topological polar surface area (TPSA) is 87.9 Å². The van der Waals surface area contributed by atoms with E-state index in [1.807, 2.05) is 36.4 Å². The van der Waals surface area contributed by atoms with E-state index in [0.29, 0.717) is 28.1 Å². The molecule has 1 heterocycles. The third kappa shape index (κ3) is 8.27. The number of hydrogen-bond acceptors (Lipinski definition) is 7. The van der Waals surface area contributed by atoms with Gasteiger partial charge in [-0.2, -0.15) is 5.26 Å². The Kier molecular flexibility index (Phi) is 10.4. The van der Waals surface area contributed by atoms with Crippen LogP contribution in [0.3, 0.4) is 0 Å². The largest absolute Gasteiger partial charge is 0.468 e. The Balaban J connectivity index is 1.67. The molecule has 0 amide bonds. The summed E-state index contributed by atoms with van der Waals surface area (Å²) in [6, 6.07) is 19.1. The fourth-order valence-corrected chi connectivity index (χ4v) is 4.83. The van der Waals surface area contributed by atoms with Gasteiger partial charge in [-0.15, -0.1) is 0 Å². The van der Waals surface area contributed by atoms with Crippen LogP contribution in [0.4, 0.5) is 11.5 Å². The minimum Gasteiger partial charge on any atom is -0.468 e. The maximum Gasteiger partial charge on any atom is 0.319 e. The number of benzene rings is 2. The van der Waals surface area contributed by atoms with Crippen LogP contribution in [0, 0.1) is 11.3 Å². The van der Waals surface area contributed by atoms with Crippen LogP contribution >= 0.6 is 23.4 Å². The highest BCUT2D eigenvalue weighted by Crippen LogP contribution is 2.29. The molecule has 0 radical (unpaired) electrons. The van der Waals surface area contributed by atoms with Crippen molar-refractivity contribution in [1.29, 1.82) is 5.26 Å². The summed E-state index contributed by atoms with van der Waals surface area (Å²) < 4.78 is 5.00.